The molecule has 0 aliphatic rings. The lowest BCUT2D eigenvalue weighted by atomic mass is 9.92. The number of carbonyl (C=O) groups is 1. The molecule has 0 saturated heterocycles. The van der Waals surface area contributed by atoms with Crippen molar-refractivity contribution in [1.82, 2.24) is 5.32 Å². The molecule has 1 rings (SSSR count). The summed E-state index contributed by atoms with van der Waals surface area (Å²) in [4.78, 5) is 14.5. The third-order valence-corrected chi connectivity index (χ3v) is 4.00. The van der Waals surface area contributed by atoms with Crippen molar-refractivity contribution in [2.75, 3.05) is 6.54 Å². The first kappa shape index (κ1) is 14.2. The Morgan fingerprint density at radius 1 is 1.53 bits per heavy atom. The van der Waals surface area contributed by atoms with Crippen LogP contribution >= 0.6 is 11.3 Å². The zero-order valence-electron chi connectivity index (χ0n) is 11.3. The number of hydrogen-bond acceptors (Lipinski definition) is 3. The molecule has 0 aliphatic carbocycles. The SMILES string of the molecule is Cc1cc(C(C)NC(=O)C(C)(C)CN)c(C)s1. The molecule has 1 aromatic heterocycles. The first-order valence-electron chi connectivity index (χ1n) is 5.86. The van der Waals surface area contributed by atoms with E-state index < -0.39 is 5.41 Å². The van der Waals surface area contributed by atoms with Gasteiger partial charge in [0.1, 0.15) is 0 Å². The fraction of sp³-hybridized carbons (Fsp3) is 0.615. The van der Waals surface area contributed by atoms with E-state index in [0.29, 0.717) is 6.54 Å². The first-order chi connectivity index (χ1) is 7.77. The van der Waals surface area contributed by atoms with E-state index in [0.717, 1.165) is 0 Å². The minimum absolute atomic E-state index is 0.00996. The van der Waals surface area contributed by atoms with Crippen LogP contribution in [0.25, 0.3) is 0 Å². The highest BCUT2D eigenvalue weighted by atomic mass is 32.1. The zero-order chi connectivity index (χ0) is 13.2. The van der Waals surface area contributed by atoms with Gasteiger partial charge in [0.05, 0.1) is 11.5 Å². The number of aryl methyl sites for hydroxylation is 2. The third kappa shape index (κ3) is 3.30. The van der Waals surface area contributed by atoms with Crippen LogP contribution in [0.1, 0.15) is 42.1 Å². The molecule has 1 aromatic rings. The van der Waals surface area contributed by atoms with Gasteiger partial charge in [-0.2, -0.15) is 0 Å². The maximum atomic E-state index is 12.0. The standard InChI is InChI=1S/C13H22N2OS/c1-8-6-11(10(3)17-8)9(2)15-12(16)13(4,5)7-14/h6,9H,7,14H2,1-5H3,(H,15,16). The zero-order valence-corrected chi connectivity index (χ0v) is 12.1. The number of thiophene rings is 1. The predicted molar refractivity (Wildman–Crippen MR) is 73.2 cm³/mol. The first-order valence-corrected chi connectivity index (χ1v) is 6.67. The molecule has 0 spiro atoms. The van der Waals surface area contributed by atoms with Gasteiger partial charge in [0.25, 0.3) is 0 Å². The van der Waals surface area contributed by atoms with Crippen molar-refractivity contribution in [3.8, 4) is 0 Å². The highest BCUT2D eigenvalue weighted by Gasteiger charge is 2.27. The molecule has 0 radical (unpaired) electrons. The minimum atomic E-state index is -0.507. The minimum Gasteiger partial charge on any atom is -0.349 e. The Labute approximate surface area is 107 Å². The maximum absolute atomic E-state index is 12.0. The fourth-order valence-electron chi connectivity index (χ4n) is 1.64. The van der Waals surface area contributed by atoms with Gasteiger partial charge in [0.15, 0.2) is 0 Å². The molecule has 1 unspecified atom stereocenters. The molecule has 3 N–H and O–H groups in total. The van der Waals surface area contributed by atoms with Gasteiger partial charge >= 0.3 is 0 Å². The largest absolute Gasteiger partial charge is 0.349 e. The Morgan fingerprint density at radius 3 is 2.53 bits per heavy atom. The summed E-state index contributed by atoms with van der Waals surface area (Å²) in [7, 11) is 0. The predicted octanol–water partition coefficient (Wildman–Crippen LogP) is 2.53. The lowest BCUT2D eigenvalue weighted by Gasteiger charge is -2.24. The molecule has 1 amide bonds. The summed E-state index contributed by atoms with van der Waals surface area (Å²) >= 11 is 1.76. The van der Waals surface area contributed by atoms with E-state index in [1.54, 1.807) is 11.3 Å². The molecule has 96 valence electrons. The maximum Gasteiger partial charge on any atom is 0.227 e. The summed E-state index contributed by atoms with van der Waals surface area (Å²) in [5.74, 6) is 0.00996. The van der Waals surface area contributed by atoms with Crippen LogP contribution < -0.4 is 11.1 Å². The number of nitrogens with two attached hydrogens (primary N) is 1. The highest BCUT2D eigenvalue weighted by Crippen LogP contribution is 2.27. The van der Waals surface area contributed by atoms with E-state index in [2.05, 4.69) is 25.2 Å². The van der Waals surface area contributed by atoms with Gasteiger partial charge in [0.2, 0.25) is 5.91 Å². The van der Waals surface area contributed by atoms with Crippen LogP contribution in [0.3, 0.4) is 0 Å². The number of hydrogen-bond donors (Lipinski definition) is 2. The smallest absolute Gasteiger partial charge is 0.227 e. The Morgan fingerprint density at radius 2 is 2.12 bits per heavy atom. The van der Waals surface area contributed by atoms with E-state index in [4.69, 9.17) is 5.73 Å². The average molecular weight is 254 g/mol. The Balaban J connectivity index is 2.77. The Hall–Kier alpha value is -0.870. The second kappa shape index (κ2) is 5.19. The van der Waals surface area contributed by atoms with Gasteiger partial charge in [-0.05, 0) is 46.2 Å². The lowest BCUT2D eigenvalue weighted by molar-refractivity contribution is -0.129. The molecular formula is C13H22N2OS. The third-order valence-electron chi connectivity index (χ3n) is 3.02. The molecule has 1 atom stereocenters. The molecule has 1 heterocycles. The van der Waals surface area contributed by atoms with Crippen LogP contribution in [0.2, 0.25) is 0 Å². The lowest BCUT2D eigenvalue weighted by Crippen LogP contribution is -2.42. The molecular weight excluding hydrogens is 232 g/mol. The van der Waals surface area contributed by atoms with Crippen molar-refractivity contribution in [2.24, 2.45) is 11.1 Å². The summed E-state index contributed by atoms with van der Waals surface area (Å²) in [5, 5.41) is 3.03. The summed E-state index contributed by atoms with van der Waals surface area (Å²) in [6.07, 6.45) is 0. The van der Waals surface area contributed by atoms with Crippen molar-refractivity contribution >= 4 is 17.2 Å². The van der Waals surface area contributed by atoms with Gasteiger partial charge in [-0.3, -0.25) is 4.79 Å². The van der Waals surface area contributed by atoms with Crippen LogP contribution in [-0.2, 0) is 4.79 Å². The van der Waals surface area contributed by atoms with E-state index in [-0.39, 0.29) is 11.9 Å². The van der Waals surface area contributed by atoms with E-state index in [1.165, 1.54) is 15.3 Å². The number of amides is 1. The van der Waals surface area contributed by atoms with Crippen LogP contribution in [0.4, 0.5) is 0 Å². The van der Waals surface area contributed by atoms with Gasteiger partial charge in [-0.25, -0.2) is 0 Å². The van der Waals surface area contributed by atoms with Crippen LogP contribution in [-0.4, -0.2) is 12.5 Å². The molecule has 4 heteroatoms. The number of carbonyl (C=O) groups excluding carboxylic acids is 1. The second-order valence-corrected chi connectivity index (χ2v) is 6.61. The summed E-state index contributed by atoms with van der Waals surface area (Å²) < 4.78 is 0. The topological polar surface area (TPSA) is 55.1 Å². The van der Waals surface area contributed by atoms with Gasteiger partial charge < -0.3 is 11.1 Å². The number of nitrogens with one attached hydrogen (secondary N) is 1. The Kier molecular flexibility index (Phi) is 4.33. The van der Waals surface area contributed by atoms with Crippen molar-refractivity contribution in [2.45, 2.75) is 40.7 Å². The fourth-order valence-corrected chi connectivity index (χ4v) is 2.67. The monoisotopic (exact) mass is 254 g/mol. The quantitative estimate of drug-likeness (QED) is 0.867. The normalized spacial score (nSPS) is 13.5. The average Bonchev–Trinajstić information content (AvgIpc) is 2.57. The Bertz CT molecular complexity index is 410. The van der Waals surface area contributed by atoms with Crippen molar-refractivity contribution in [3.05, 3.63) is 21.4 Å². The number of rotatable bonds is 4. The summed E-state index contributed by atoms with van der Waals surface area (Å²) in [6, 6.07) is 2.18. The molecule has 17 heavy (non-hydrogen) atoms. The molecule has 0 saturated carbocycles. The van der Waals surface area contributed by atoms with Crippen molar-refractivity contribution in [3.63, 3.8) is 0 Å². The molecule has 3 nitrogen and oxygen atoms in total. The van der Waals surface area contributed by atoms with Gasteiger partial charge in [-0.15, -0.1) is 11.3 Å². The van der Waals surface area contributed by atoms with E-state index >= 15 is 0 Å². The second-order valence-electron chi connectivity index (χ2n) is 5.15. The van der Waals surface area contributed by atoms with E-state index in [9.17, 15) is 4.79 Å². The van der Waals surface area contributed by atoms with Crippen LogP contribution in [0, 0.1) is 19.3 Å². The van der Waals surface area contributed by atoms with Crippen LogP contribution in [0.5, 0.6) is 0 Å². The summed E-state index contributed by atoms with van der Waals surface area (Å²) in [6.45, 7) is 10.3. The van der Waals surface area contributed by atoms with Crippen molar-refractivity contribution < 1.29 is 4.79 Å². The highest BCUT2D eigenvalue weighted by molar-refractivity contribution is 7.12. The van der Waals surface area contributed by atoms with Crippen molar-refractivity contribution in [1.29, 1.82) is 0 Å². The van der Waals surface area contributed by atoms with Gasteiger partial charge in [0, 0.05) is 16.3 Å². The molecule has 0 aromatic carbocycles. The molecule has 0 fully saturated rings. The van der Waals surface area contributed by atoms with E-state index in [1.807, 2.05) is 20.8 Å². The van der Waals surface area contributed by atoms with Crippen LogP contribution in [0.15, 0.2) is 6.07 Å². The molecule has 0 aliphatic heterocycles. The van der Waals surface area contributed by atoms with Gasteiger partial charge in [-0.1, -0.05) is 0 Å². The molecule has 0 bridgehead atoms. The summed E-state index contributed by atoms with van der Waals surface area (Å²) in [5.41, 5.74) is 6.29.